The molecule has 0 spiro atoms. The zero-order chi connectivity index (χ0) is 13.6. The maximum Gasteiger partial charge on any atom is 0.0939 e. The summed E-state index contributed by atoms with van der Waals surface area (Å²) < 4.78 is 2.00. The van der Waals surface area contributed by atoms with Crippen LogP contribution < -0.4 is 0 Å². The number of nitrogens with zero attached hydrogens (tertiary/aromatic N) is 2. The lowest BCUT2D eigenvalue weighted by Gasteiger charge is -2.31. The van der Waals surface area contributed by atoms with Crippen molar-refractivity contribution in [3.05, 3.63) is 11.8 Å². The summed E-state index contributed by atoms with van der Waals surface area (Å²) in [5.41, 5.74) is 1.54. The Morgan fingerprint density at radius 2 is 1.94 bits per heavy atom. The predicted molar refractivity (Wildman–Crippen MR) is 84.7 cm³/mol. The average Bonchev–Trinajstić information content (AvgIpc) is 2.65. The van der Waals surface area contributed by atoms with E-state index in [9.17, 15) is 0 Å². The van der Waals surface area contributed by atoms with Crippen LogP contribution in [0.25, 0.3) is 0 Å². The minimum Gasteiger partial charge on any atom is -0.262 e. The zero-order valence-corrected chi connectivity index (χ0v) is 14.4. The van der Waals surface area contributed by atoms with Gasteiger partial charge >= 0.3 is 0 Å². The third-order valence-electron chi connectivity index (χ3n) is 3.33. The van der Waals surface area contributed by atoms with Gasteiger partial charge in [0.15, 0.2) is 0 Å². The van der Waals surface area contributed by atoms with Crippen molar-refractivity contribution in [2.75, 3.05) is 11.1 Å². The van der Waals surface area contributed by atoms with Crippen molar-refractivity contribution in [3.63, 3.8) is 0 Å². The van der Waals surface area contributed by atoms with E-state index in [4.69, 9.17) is 0 Å². The molecule has 0 N–H and O–H groups in total. The first kappa shape index (κ1) is 16.1. The third-order valence-corrected chi connectivity index (χ3v) is 5.95. The summed E-state index contributed by atoms with van der Waals surface area (Å²) in [5, 5.41) is 6.80. The van der Waals surface area contributed by atoms with Crippen molar-refractivity contribution >= 4 is 27.7 Å². The number of aromatic nitrogens is 2. The number of hydrogen-bond donors (Lipinski definition) is 0. The minimum atomic E-state index is 0.437. The second-order valence-electron chi connectivity index (χ2n) is 5.17. The maximum absolute atomic E-state index is 4.41. The predicted octanol–water partition coefficient (Wildman–Crippen LogP) is 4.80. The van der Waals surface area contributed by atoms with E-state index in [2.05, 4.69) is 47.9 Å². The molecule has 1 aromatic rings. The van der Waals surface area contributed by atoms with E-state index in [1.807, 2.05) is 23.5 Å². The molecule has 0 amide bonds. The molecule has 0 fully saturated rings. The molecule has 0 aliphatic heterocycles. The van der Waals surface area contributed by atoms with Gasteiger partial charge in [0.2, 0.25) is 0 Å². The highest BCUT2D eigenvalue weighted by atomic mass is 79.9. The first-order valence-electron chi connectivity index (χ1n) is 6.76. The summed E-state index contributed by atoms with van der Waals surface area (Å²) in [5.74, 6) is 1.18. The van der Waals surface area contributed by atoms with Gasteiger partial charge in [-0.1, -0.05) is 42.6 Å². The summed E-state index contributed by atoms with van der Waals surface area (Å²) in [6, 6.07) is 2.18. The van der Waals surface area contributed by atoms with Crippen LogP contribution in [0.1, 0.15) is 45.2 Å². The van der Waals surface area contributed by atoms with Gasteiger partial charge in [0.25, 0.3) is 0 Å². The second-order valence-corrected chi connectivity index (χ2v) is 6.73. The fourth-order valence-corrected chi connectivity index (χ4v) is 4.80. The van der Waals surface area contributed by atoms with E-state index in [1.54, 1.807) is 0 Å². The Hall–Kier alpha value is 0.0400. The molecule has 1 aromatic heterocycles. The van der Waals surface area contributed by atoms with Gasteiger partial charge in [-0.3, -0.25) is 4.68 Å². The molecule has 0 aliphatic rings. The van der Waals surface area contributed by atoms with Crippen LogP contribution in [-0.2, 0) is 7.05 Å². The fraction of sp³-hybridized carbons (Fsp3) is 0.786. The van der Waals surface area contributed by atoms with Gasteiger partial charge in [-0.25, -0.2) is 0 Å². The zero-order valence-electron chi connectivity index (χ0n) is 12.0. The molecule has 0 saturated heterocycles. The number of thioether (sulfide) groups is 1. The van der Waals surface area contributed by atoms with Crippen LogP contribution in [0.3, 0.4) is 0 Å². The molecule has 0 unspecified atom stereocenters. The van der Waals surface area contributed by atoms with E-state index in [0.717, 1.165) is 11.0 Å². The van der Waals surface area contributed by atoms with Crippen molar-refractivity contribution in [2.24, 2.45) is 12.5 Å². The number of halogens is 1. The summed E-state index contributed by atoms with van der Waals surface area (Å²) in [6.45, 7) is 6.62. The first-order chi connectivity index (χ1) is 8.56. The average molecular weight is 333 g/mol. The standard InChI is InChI=1S/C14H25BrN2S/c1-5-7-14(10-15,8-6-2)11-18-13-9-12(3)16-17(13)4/h9H,5-8,10-11H2,1-4H3. The minimum absolute atomic E-state index is 0.437. The van der Waals surface area contributed by atoms with E-state index in [1.165, 1.54) is 36.5 Å². The van der Waals surface area contributed by atoms with E-state index < -0.39 is 0 Å². The summed E-state index contributed by atoms with van der Waals surface area (Å²) in [6.07, 6.45) is 5.12. The lowest BCUT2D eigenvalue weighted by atomic mass is 9.83. The van der Waals surface area contributed by atoms with Gasteiger partial charge in [-0.2, -0.15) is 5.10 Å². The van der Waals surface area contributed by atoms with Gasteiger partial charge in [-0.05, 0) is 31.2 Å². The molecule has 0 radical (unpaired) electrons. The molecular formula is C14H25BrN2S. The first-order valence-corrected chi connectivity index (χ1v) is 8.87. The van der Waals surface area contributed by atoms with E-state index in [-0.39, 0.29) is 0 Å². The molecule has 1 heterocycles. The smallest absolute Gasteiger partial charge is 0.0939 e. The monoisotopic (exact) mass is 332 g/mol. The van der Waals surface area contributed by atoms with Crippen LogP contribution in [0.4, 0.5) is 0 Å². The molecule has 0 atom stereocenters. The summed E-state index contributed by atoms with van der Waals surface area (Å²) in [7, 11) is 2.03. The van der Waals surface area contributed by atoms with E-state index >= 15 is 0 Å². The van der Waals surface area contributed by atoms with Crippen molar-refractivity contribution in [2.45, 2.75) is 51.5 Å². The molecule has 104 valence electrons. The molecule has 0 aliphatic carbocycles. The number of rotatable bonds is 8. The van der Waals surface area contributed by atoms with Crippen LogP contribution in [0.2, 0.25) is 0 Å². The lowest BCUT2D eigenvalue weighted by Crippen LogP contribution is -2.25. The molecule has 2 nitrogen and oxygen atoms in total. The largest absolute Gasteiger partial charge is 0.262 e. The number of alkyl halides is 1. The normalized spacial score (nSPS) is 12.1. The Bertz CT molecular complexity index is 357. The highest BCUT2D eigenvalue weighted by Crippen LogP contribution is 2.37. The molecular weight excluding hydrogens is 308 g/mol. The molecule has 0 bridgehead atoms. The Balaban J connectivity index is 2.69. The second kappa shape index (κ2) is 7.59. The van der Waals surface area contributed by atoms with Crippen LogP contribution in [0.5, 0.6) is 0 Å². The van der Waals surface area contributed by atoms with Gasteiger partial charge < -0.3 is 0 Å². The number of hydrogen-bond acceptors (Lipinski definition) is 2. The van der Waals surface area contributed by atoms with Gasteiger partial charge in [-0.15, -0.1) is 11.8 Å². The third kappa shape index (κ3) is 4.30. The van der Waals surface area contributed by atoms with Crippen LogP contribution in [-0.4, -0.2) is 20.9 Å². The quantitative estimate of drug-likeness (QED) is 0.502. The topological polar surface area (TPSA) is 17.8 Å². The summed E-state index contributed by atoms with van der Waals surface area (Å²) in [4.78, 5) is 0. The van der Waals surface area contributed by atoms with Crippen molar-refractivity contribution in [1.82, 2.24) is 9.78 Å². The molecule has 1 rings (SSSR count). The van der Waals surface area contributed by atoms with Crippen LogP contribution in [0.15, 0.2) is 11.1 Å². The maximum atomic E-state index is 4.41. The van der Waals surface area contributed by atoms with Crippen molar-refractivity contribution in [1.29, 1.82) is 0 Å². The lowest BCUT2D eigenvalue weighted by molar-refractivity contribution is 0.320. The Labute approximate surface area is 124 Å². The van der Waals surface area contributed by atoms with Crippen LogP contribution >= 0.6 is 27.7 Å². The molecule has 0 saturated carbocycles. The highest BCUT2D eigenvalue weighted by molar-refractivity contribution is 9.09. The fourth-order valence-electron chi connectivity index (χ4n) is 2.45. The van der Waals surface area contributed by atoms with Crippen molar-refractivity contribution in [3.8, 4) is 0 Å². The highest BCUT2D eigenvalue weighted by Gasteiger charge is 2.27. The Morgan fingerprint density at radius 3 is 2.33 bits per heavy atom. The molecule has 0 aromatic carbocycles. The van der Waals surface area contributed by atoms with E-state index in [0.29, 0.717) is 5.41 Å². The summed E-state index contributed by atoms with van der Waals surface area (Å²) >= 11 is 5.69. The van der Waals surface area contributed by atoms with Crippen molar-refractivity contribution < 1.29 is 0 Å². The molecule has 4 heteroatoms. The SMILES string of the molecule is CCCC(CBr)(CCC)CSc1cc(C)nn1C. The Morgan fingerprint density at radius 1 is 1.33 bits per heavy atom. The number of aryl methyl sites for hydroxylation is 2. The van der Waals surface area contributed by atoms with Gasteiger partial charge in [0, 0.05) is 18.1 Å². The van der Waals surface area contributed by atoms with Gasteiger partial charge in [0.1, 0.15) is 0 Å². The van der Waals surface area contributed by atoms with Crippen LogP contribution in [0, 0.1) is 12.3 Å². The van der Waals surface area contributed by atoms with Gasteiger partial charge in [0.05, 0.1) is 10.7 Å². The molecule has 18 heavy (non-hydrogen) atoms. The Kier molecular flexibility index (Phi) is 6.78.